The van der Waals surface area contributed by atoms with Gasteiger partial charge in [-0.3, -0.25) is 0 Å². The fourth-order valence-corrected chi connectivity index (χ4v) is 4.08. The summed E-state index contributed by atoms with van der Waals surface area (Å²) < 4.78 is 0. The molecule has 0 radical (unpaired) electrons. The van der Waals surface area contributed by atoms with E-state index in [4.69, 9.17) is 0 Å². The molecule has 2 bridgehead atoms. The third kappa shape index (κ3) is 1.10. The number of rotatable bonds is 0. The molecule has 0 saturated carbocycles. The molecule has 0 aliphatic carbocycles. The SMILES string of the molecule is OC12CCCC3(CCC1)Nc1ccccc1N23. The van der Waals surface area contributed by atoms with Gasteiger partial charge in [-0.1, -0.05) is 12.1 Å². The maximum absolute atomic E-state index is 10.9. The average Bonchev–Trinajstić information content (AvgIpc) is 2.64. The van der Waals surface area contributed by atoms with Crippen LogP contribution in [-0.2, 0) is 0 Å². The molecule has 0 aromatic heterocycles. The van der Waals surface area contributed by atoms with Crippen LogP contribution in [0.15, 0.2) is 24.3 Å². The number of nitrogens with one attached hydrogen (secondary N) is 1. The van der Waals surface area contributed by atoms with Crippen molar-refractivity contribution in [1.82, 2.24) is 0 Å². The van der Waals surface area contributed by atoms with Gasteiger partial charge in [-0.05, 0) is 50.7 Å². The van der Waals surface area contributed by atoms with Crippen molar-refractivity contribution < 1.29 is 5.11 Å². The molecule has 2 saturated heterocycles. The van der Waals surface area contributed by atoms with E-state index in [-0.39, 0.29) is 5.66 Å². The second-order valence-corrected chi connectivity index (χ2v) is 5.70. The number of aliphatic hydroxyl groups is 1. The van der Waals surface area contributed by atoms with Crippen molar-refractivity contribution in [1.29, 1.82) is 0 Å². The van der Waals surface area contributed by atoms with Crippen molar-refractivity contribution in [2.45, 2.75) is 49.9 Å². The van der Waals surface area contributed by atoms with Crippen molar-refractivity contribution in [2.24, 2.45) is 0 Å². The van der Waals surface area contributed by atoms with E-state index in [9.17, 15) is 5.11 Å². The fourth-order valence-electron chi connectivity index (χ4n) is 4.08. The van der Waals surface area contributed by atoms with Gasteiger partial charge in [0.15, 0.2) is 0 Å². The molecule has 1 aromatic rings. The van der Waals surface area contributed by atoms with Gasteiger partial charge in [-0.25, -0.2) is 0 Å². The smallest absolute Gasteiger partial charge is 0.139 e. The molecule has 4 rings (SSSR count). The van der Waals surface area contributed by atoms with Crippen LogP contribution in [0.1, 0.15) is 38.5 Å². The van der Waals surface area contributed by atoms with Crippen LogP contribution in [0, 0.1) is 0 Å². The highest BCUT2D eigenvalue weighted by Crippen LogP contribution is 2.55. The number of nitrogens with zero attached hydrogens (tertiary/aromatic N) is 1. The first kappa shape index (κ1) is 9.77. The molecule has 0 unspecified atom stereocenters. The first-order valence-electron chi connectivity index (χ1n) is 6.64. The van der Waals surface area contributed by atoms with E-state index >= 15 is 0 Å². The second-order valence-electron chi connectivity index (χ2n) is 5.70. The summed E-state index contributed by atoms with van der Waals surface area (Å²) in [5.41, 5.74) is 1.76. The van der Waals surface area contributed by atoms with Crippen molar-refractivity contribution in [3.8, 4) is 0 Å². The lowest BCUT2D eigenvalue weighted by Crippen LogP contribution is -2.67. The third-order valence-corrected chi connectivity index (χ3v) is 4.69. The van der Waals surface area contributed by atoms with Gasteiger partial charge in [0.05, 0.1) is 11.4 Å². The lowest BCUT2D eigenvalue weighted by molar-refractivity contribution is -0.0437. The van der Waals surface area contributed by atoms with Crippen LogP contribution < -0.4 is 10.2 Å². The van der Waals surface area contributed by atoms with Crippen molar-refractivity contribution in [3.63, 3.8) is 0 Å². The largest absolute Gasteiger partial charge is 0.371 e. The molecule has 1 aromatic carbocycles. The Labute approximate surface area is 101 Å². The van der Waals surface area contributed by atoms with Gasteiger partial charge in [0, 0.05) is 0 Å². The first-order chi connectivity index (χ1) is 8.24. The van der Waals surface area contributed by atoms with Crippen LogP contribution >= 0.6 is 0 Å². The summed E-state index contributed by atoms with van der Waals surface area (Å²) in [6.07, 6.45) is 6.34. The summed E-state index contributed by atoms with van der Waals surface area (Å²) in [5.74, 6) is 0. The number of anilines is 2. The topological polar surface area (TPSA) is 35.5 Å². The van der Waals surface area contributed by atoms with Crippen LogP contribution in [0.2, 0.25) is 0 Å². The summed E-state index contributed by atoms with van der Waals surface area (Å²) in [6.45, 7) is 0. The van der Waals surface area contributed by atoms with Gasteiger partial charge in [0.25, 0.3) is 0 Å². The molecule has 2 N–H and O–H groups in total. The highest BCUT2D eigenvalue weighted by Gasteiger charge is 2.56. The van der Waals surface area contributed by atoms with Gasteiger partial charge in [-0.15, -0.1) is 0 Å². The normalized spacial score (nSPS) is 38.3. The molecule has 17 heavy (non-hydrogen) atoms. The van der Waals surface area contributed by atoms with Crippen molar-refractivity contribution >= 4 is 11.4 Å². The summed E-state index contributed by atoms with van der Waals surface area (Å²) in [5, 5.41) is 14.6. The van der Waals surface area contributed by atoms with E-state index in [1.165, 1.54) is 11.4 Å². The lowest BCUT2D eigenvalue weighted by Gasteiger charge is -2.56. The Balaban J connectivity index is 1.91. The number of fused-ring (bicyclic) bond motifs is 1. The quantitative estimate of drug-likeness (QED) is 0.719. The van der Waals surface area contributed by atoms with Crippen molar-refractivity contribution in [3.05, 3.63) is 24.3 Å². The van der Waals surface area contributed by atoms with Gasteiger partial charge in [0.2, 0.25) is 0 Å². The number of piperidine rings is 2. The van der Waals surface area contributed by atoms with Gasteiger partial charge in [-0.2, -0.15) is 0 Å². The number of hydrogen-bond donors (Lipinski definition) is 2. The van der Waals surface area contributed by atoms with E-state index in [1.807, 2.05) is 0 Å². The fraction of sp³-hybridized carbons (Fsp3) is 0.571. The summed E-state index contributed by atoms with van der Waals surface area (Å²) in [7, 11) is 0. The molecule has 0 spiro atoms. The molecule has 3 heterocycles. The van der Waals surface area contributed by atoms with Crippen LogP contribution in [0.4, 0.5) is 11.4 Å². The first-order valence-corrected chi connectivity index (χ1v) is 6.64. The highest BCUT2D eigenvalue weighted by molar-refractivity contribution is 5.79. The average molecular weight is 230 g/mol. The Hall–Kier alpha value is -1.22. The second kappa shape index (κ2) is 2.96. The Morgan fingerprint density at radius 3 is 2.53 bits per heavy atom. The minimum absolute atomic E-state index is 0.00502. The molecule has 3 nitrogen and oxygen atoms in total. The maximum Gasteiger partial charge on any atom is 0.139 e. The zero-order valence-electron chi connectivity index (χ0n) is 9.95. The van der Waals surface area contributed by atoms with Crippen molar-refractivity contribution in [2.75, 3.05) is 10.2 Å². The Kier molecular flexibility index (Phi) is 1.70. The molecule has 3 aliphatic rings. The molecular formula is C14H18N2O. The summed E-state index contributed by atoms with van der Waals surface area (Å²) in [4.78, 5) is 2.28. The molecule has 3 heteroatoms. The van der Waals surface area contributed by atoms with Gasteiger partial charge in [0.1, 0.15) is 11.4 Å². The van der Waals surface area contributed by atoms with Crippen LogP contribution in [0.5, 0.6) is 0 Å². The Morgan fingerprint density at radius 2 is 1.76 bits per heavy atom. The molecule has 0 atom stereocenters. The Morgan fingerprint density at radius 1 is 1.06 bits per heavy atom. The number of benzene rings is 1. The maximum atomic E-state index is 10.9. The molecule has 3 aliphatic heterocycles. The van der Waals surface area contributed by atoms with Crippen LogP contribution in [-0.4, -0.2) is 16.5 Å². The standard InChI is InChI=1S/C14H18N2O/c17-14-9-3-7-13(8-4-10-14)15-11-5-1-2-6-12(11)16(13)14/h1-2,5-6,15,17H,3-4,7-10H2. The lowest BCUT2D eigenvalue weighted by atomic mass is 9.78. The third-order valence-electron chi connectivity index (χ3n) is 4.69. The summed E-state index contributed by atoms with van der Waals surface area (Å²) in [6, 6.07) is 8.38. The predicted molar refractivity (Wildman–Crippen MR) is 67.9 cm³/mol. The Bertz CT molecular complexity index is 461. The van der Waals surface area contributed by atoms with E-state index in [0.29, 0.717) is 0 Å². The zero-order valence-corrected chi connectivity index (χ0v) is 9.95. The minimum Gasteiger partial charge on any atom is -0.371 e. The van der Waals surface area contributed by atoms with E-state index in [0.717, 1.165) is 38.5 Å². The molecule has 0 amide bonds. The number of hydrogen-bond acceptors (Lipinski definition) is 3. The van der Waals surface area contributed by atoms with Gasteiger partial charge < -0.3 is 15.3 Å². The van der Waals surface area contributed by atoms with E-state index in [1.54, 1.807) is 0 Å². The minimum atomic E-state index is -0.615. The molecule has 2 fully saturated rings. The summed E-state index contributed by atoms with van der Waals surface area (Å²) >= 11 is 0. The predicted octanol–water partition coefficient (Wildman–Crippen LogP) is 2.67. The zero-order chi connectivity index (χ0) is 11.5. The van der Waals surface area contributed by atoms with Crippen LogP contribution in [0.3, 0.4) is 0 Å². The molecular weight excluding hydrogens is 212 g/mol. The van der Waals surface area contributed by atoms with E-state index < -0.39 is 5.72 Å². The van der Waals surface area contributed by atoms with Crippen LogP contribution in [0.25, 0.3) is 0 Å². The van der Waals surface area contributed by atoms with Gasteiger partial charge >= 0.3 is 0 Å². The molecule has 90 valence electrons. The highest BCUT2D eigenvalue weighted by atomic mass is 16.3. The monoisotopic (exact) mass is 230 g/mol. The van der Waals surface area contributed by atoms with E-state index in [2.05, 4.69) is 34.5 Å². The number of para-hydroxylation sites is 2.